The normalized spacial score (nSPS) is 16.7. The van der Waals surface area contributed by atoms with Crippen molar-refractivity contribution >= 4 is 17.2 Å². The molecule has 0 saturated carbocycles. The van der Waals surface area contributed by atoms with Crippen molar-refractivity contribution in [1.29, 1.82) is 0 Å². The molecule has 4 rings (SSSR count). The number of aromatic amines is 1. The summed E-state index contributed by atoms with van der Waals surface area (Å²) in [4.78, 5) is 19.2. The Morgan fingerprint density at radius 1 is 1.35 bits per heavy atom. The van der Waals surface area contributed by atoms with Gasteiger partial charge in [-0.05, 0) is 53.4 Å². The van der Waals surface area contributed by atoms with Crippen LogP contribution in [-0.4, -0.2) is 45.2 Å². The van der Waals surface area contributed by atoms with E-state index in [1.807, 2.05) is 34.5 Å². The van der Waals surface area contributed by atoms with E-state index in [0.717, 1.165) is 30.7 Å². The molecule has 1 unspecified atom stereocenters. The van der Waals surface area contributed by atoms with E-state index in [1.54, 1.807) is 23.6 Å². The van der Waals surface area contributed by atoms with Crippen molar-refractivity contribution < 1.29 is 9.53 Å². The van der Waals surface area contributed by atoms with Crippen LogP contribution in [0.25, 0.3) is 11.4 Å². The molecule has 3 aromatic heterocycles. The van der Waals surface area contributed by atoms with Gasteiger partial charge >= 0.3 is 0 Å². The number of rotatable bonds is 6. The molecule has 1 aliphatic heterocycles. The Hall–Kier alpha value is -2.51. The van der Waals surface area contributed by atoms with Crippen LogP contribution in [0.3, 0.4) is 0 Å². The van der Waals surface area contributed by atoms with E-state index < -0.39 is 0 Å². The van der Waals surface area contributed by atoms with Crippen molar-refractivity contribution in [3.8, 4) is 11.4 Å². The maximum atomic E-state index is 13.1. The van der Waals surface area contributed by atoms with Gasteiger partial charge in [0.25, 0.3) is 5.91 Å². The summed E-state index contributed by atoms with van der Waals surface area (Å²) >= 11 is 1.64. The number of H-pyrrole nitrogens is 1. The molecular formula is C19H20N4O2S. The highest BCUT2D eigenvalue weighted by Crippen LogP contribution is 2.20. The largest absolute Gasteiger partial charge is 0.376 e. The van der Waals surface area contributed by atoms with Crippen LogP contribution in [0.2, 0.25) is 0 Å². The molecule has 1 fully saturated rings. The Morgan fingerprint density at radius 2 is 2.31 bits per heavy atom. The van der Waals surface area contributed by atoms with Crippen LogP contribution < -0.4 is 0 Å². The topological polar surface area (TPSA) is 71.1 Å². The minimum atomic E-state index is -0.0682. The van der Waals surface area contributed by atoms with Gasteiger partial charge in [-0.3, -0.25) is 14.9 Å². The van der Waals surface area contributed by atoms with Crippen LogP contribution in [0.4, 0.5) is 0 Å². The summed E-state index contributed by atoms with van der Waals surface area (Å²) < 4.78 is 5.74. The lowest BCUT2D eigenvalue weighted by Gasteiger charge is -2.24. The first-order chi connectivity index (χ1) is 12.8. The van der Waals surface area contributed by atoms with Gasteiger partial charge in [-0.15, -0.1) is 0 Å². The smallest absolute Gasteiger partial charge is 0.272 e. The zero-order valence-electron chi connectivity index (χ0n) is 14.3. The maximum absolute atomic E-state index is 13.1. The zero-order chi connectivity index (χ0) is 17.8. The van der Waals surface area contributed by atoms with Gasteiger partial charge in [-0.2, -0.15) is 16.4 Å². The van der Waals surface area contributed by atoms with E-state index in [0.29, 0.717) is 24.5 Å². The third-order valence-corrected chi connectivity index (χ3v) is 5.16. The first-order valence-corrected chi connectivity index (χ1v) is 9.62. The molecular weight excluding hydrogens is 348 g/mol. The minimum Gasteiger partial charge on any atom is -0.376 e. The summed E-state index contributed by atoms with van der Waals surface area (Å²) in [6.45, 7) is 1.94. The third-order valence-electron chi connectivity index (χ3n) is 4.42. The first kappa shape index (κ1) is 16.9. The molecule has 0 aliphatic carbocycles. The van der Waals surface area contributed by atoms with Gasteiger partial charge in [0.1, 0.15) is 11.4 Å². The molecule has 0 aromatic carbocycles. The van der Waals surface area contributed by atoms with Crippen molar-refractivity contribution in [2.75, 3.05) is 13.2 Å². The van der Waals surface area contributed by atoms with Gasteiger partial charge in [-0.1, -0.05) is 6.07 Å². The molecule has 3 aromatic rings. The highest BCUT2D eigenvalue weighted by atomic mass is 32.1. The Labute approximate surface area is 155 Å². The van der Waals surface area contributed by atoms with Gasteiger partial charge in [-0.25, -0.2) is 0 Å². The average molecular weight is 368 g/mol. The standard InChI is InChI=1S/C19H20N4O2S/c24-19(18-10-17(21-22-18)16-5-1-2-7-20-16)23(11-14-6-9-26-13-14)12-15-4-3-8-25-15/h1-2,5-7,9-10,13,15H,3-4,8,11-12H2,(H,21,22). The molecule has 1 aliphatic rings. The second-order valence-electron chi connectivity index (χ2n) is 6.33. The van der Waals surface area contributed by atoms with Crippen LogP contribution in [0.5, 0.6) is 0 Å². The first-order valence-electron chi connectivity index (χ1n) is 8.68. The lowest BCUT2D eigenvalue weighted by Crippen LogP contribution is -2.37. The minimum absolute atomic E-state index is 0.0682. The molecule has 134 valence electrons. The predicted octanol–water partition coefficient (Wildman–Crippen LogP) is 3.35. The number of ether oxygens (including phenoxy) is 1. The molecule has 1 N–H and O–H groups in total. The Balaban J connectivity index is 1.54. The van der Waals surface area contributed by atoms with E-state index >= 15 is 0 Å². The lowest BCUT2D eigenvalue weighted by atomic mass is 10.2. The molecule has 0 radical (unpaired) electrons. The number of hydrogen-bond acceptors (Lipinski definition) is 5. The van der Waals surface area contributed by atoms with Crippen molar-refractivity contribution in [3.63, 3.8) is 0 Å². The van der Waals surface area contributed by atoms with Crippen molar-refractivity contribution in [1.82, 2.24) is 20.1 Å². The van der Waals surface area contributed by atoms with E-state index in [-0.39, 0.29) is 12.0 Å². The summed E-state index contributed by atoms with van der Waals surface area (Å²) in [5.41, 5.74) is 3.01. The van der Waals surface area contributed by atoms with E-state index in [1.165, 1.54) is 0 Å². The summed E-state index contributed by atoms with van der Waals surface area (Å²) in [5, 5.41) is 11.2. The number of nitrogens with one attached hydrogen (secondary N) is 1. The predicted molar refractivity (Wildman–Crippen MR) is 99.9 cm³/mol. The quantitative estimate of drug-likeness (QED) is 0.724. The average Bonchev–Trinajstić information content (AvgIpc) is 3.44. The monoisotopic (exact) mass is 368 g/mol. The van der Waals surface area contributed by atoms with Gasteiger partial charge in [0.15, 0.2) is 0 Å². The Bertz CT molecular complexity index is 842. The van der Waals surface area contributed by atoms with Crippen molar-refractivity contribution in [3.05, 3.63) is 58.5 Å². The molecule has 26 heavy (non-hydrogen) atoms. The molecule has 1 amide bonds. The van der Waals surface area contributed by atoms with Crippen LogP contribution in [-0.2, 0) is 11.3 Å². The van der Waals surface area contributed by atoms with Crippen LogP contribution >= 0.6 is 11.3 Å². The zero-order valence-corrected chi connectivity index (χ0v) is 15.1. The van der Waals surface area contributed by atoms with E-state index in [9.17, 15) is 4.79 Å². The van der Waals surface area contributed by atoms with Crippen LogP contribution in [0.15, 0.2) is 47.3 Å². The fourth-order valence-corrected chi connectivity index (χ4v) is 3.76. The molecule has 1 atom stereocenters. The third kappa shape index (κ3) is 3.84. The number of thiophene rings is 1. The SMILES string of the molecule is O=C(c1cc(-c2ccccn2)n[nH]1)N(Cc1ccsc1)CC1CCCO1. The highest BCUT2D eigenvalue weighted by molar-refractivity contribution is 7.07. The second-order valence-corrected chi connectivity index (χ2v) is 7.11. The number of carbonyl (C=O) groups excluding carboxylic acids is 1. The summed E-state index contributed by atoms with van der Waals surface area (Å²) in [6, 6.07) is 9.44. The number of carbonyl (C=O) groups is 1. The van der Waals surface area contributed by atoms with Crippen LogP contribution in [0, 0.1) is 0 Å². The molecule has 4 heterocycles. The number of pyridine rings is 1. The van der Waals surface area contributed by atoms with Crippen LogP contribution in [0.1, 0.15) is 28.9 Å². The fourth-order valence-electron chi connectivity index (χ4n) is 3.10. The molecule has 0 bridgehead atoms. The van der Waals surface area contributed by atoms with Gasteiger partial charge in [0, 0.05) is 25.9 Å². The molecule has 1 saturated heterocycles. The summed E-state index contributed by atoms with van der Waals surface area (Å²) in [5.74, 6) is -0.0682. The summed E-state index contributed by atoms with van der Waals surface area (Å²) in [6.07, 6.45) is 3.87. The number of nitrogens with zero attached hydrogens (tertiary/aromatic N) is 3. The Morgan fingerprint density at radius 3 is 3.04 bits per heavy atom. The molecule has 0 spiro atoms. The van der Waals surface area contributed by atoms with Gasteiger partial charge in [0.05, 0.1) is 11.8 Å². The summed E-state index contributed by atoms with van der Waals surface area (Å²) in [7, 11) is 0. The van der Waals surface area contributed by atoms with Crippen molar-refractivity contribution in [2.24, 2.45) is 0 Å². The highest BCUT2D eigenvalue weighted by Gasteiger charge is 2.25. The number of amides is 1. The van der Waals surface area contributed by atoms with Gasteiger partial charge < -0.3 is 9.64 Å². The molecule has 7 heteroatoms. The number of aromatic nitrogens is 3. The maximum Gasteiger partial charge on any atom is 0.272 e. The molecule has 6 nitrogen and oxygen atoms in total. The Kier molecular flexibility index (Phi) is 5.08. The lowest BCUT2D eigenvalue weighted by molar-refractivity contribution is 0.0503. The van der Waals surface area contributed by atoms with E-state index in [2.05, 4.69) is 20.6 Å². The van der Waals surface area contributed by atoms with E-state index in [4.69, 9.17) is 4.74 Å². The van der Waals surface area contributed by atoms with Gasteiger partial charge in [0.2, 0.25) is 0 Å². The van der Waals surface area contributed by atoms with Crippen molar-refractivity contribution in [2.45, 2.75) is 25.5 Å². The fraction of sp³-hybridized carbons (Fsp3) is 0.316. The second kappa shape index (κ2) is 7.80. The number of hydrogen-bond donors (Lipinski definition) is 1.